The van der Waals surface area contributed by atoms with Crippen molar-refractivity contribution >= 4 is 6.21 Å². The number of rotatable bonds is 4. The van der Waals surface area contributed by atoms with Gasteiger partial charge >= 0.3 is 0 Å². The van der Waals surface area contributed by atoms with Crippen molar-refractivity contribution in [2.75, 3.05) is 0 Å². The Morgan fingerprint density at radius 2 is 1.87 bits per heavy atom. The summed E-state index contributed by atoms with van der Waals surface area (Å²) in [7, 11) is 0. The summed E-state index contributed by atoms with van der Waals surface area (Å²) in [6.45, 7) is 4.93. The Morgan fingerprint density at radius 1 is 1.10 bits per heavy atom. The highest BCUT2D eigenvalue weighted by Gasteiger charge is 2.21. The number of aromatic amines is 1. The number of benzene rings is 2. The summed E-state index contributed by atoms with van der Waals surface area (Å²) in [5.74, 6) is -0.892. The Bertz CT molecular complexity index is 1290. The van der Waals surface area contributed by atoms with Crippen LogP contribution in [0.3, 0.4) is 0 Å². The number of nitrogens with zero attached hydrogens (tertiary/aromatic N) is 4. The van der Waals surface area contributed by atoms with E-state index in [9.17, 15) is 8.78 Å². The number of hydrogen-bond acceptors (Lipinski definition) is 5. The zero-order chi connectivity index (χ0) is 21.5. The highest BCUT2D eigenvalue weighted by atomic mass is 19.2. The summed E-state index contributed by atoms with van der Waals surface area (Å²) in [5.41, 5.74) is 5.58. The number of halogens is 2. The van der Waals surface area contributed by atoms with Gasteiger partial charge in [0.2, 0.25) is 0 Å². The van der Waals surface area contributed by atoms with Crippen LogP contribution in [0.4, 0.5) is 8.78 Å². The lowest BCUT2D eigenvalue weighted by Gasteiger charge is -2.19. The van der Waals surface area contributed by atoms with Gasteiger partial charge in [0.05, 0.1) is 30.6 Å². The van der Waals surface area contributed by atoms with Crippen molar-refractivity contribution in [1.29, 1.82) is 0 Å². The van der Waals surface area contributed by atoms with Crippen LogP contribution in [0.5, 0.6) is 0 Å². The second kappa shape index (κ2) is 7.46. The number of aryl methyl sites for hydroxylation is 2. The first kappa shape index (κ1) is 19.2. The molecule has 4 aromatic rings. The van der Waals surface area contributed by atoms with Gasteiger partial charge in [-0.3, -0.25) is 5.01 Å². The summed E-state index contributed by atoms with van der Waals surface area (Å²) in [4.78, 5) is 7.44. The Morgan fingerprint density at radius 3 is 2.68 bits per heavy atom. The zero-order valence-electron chi connectivity index (χ0n) is 17.0. The summed E-state index contributed by atoms with van der Waals surface area (Å²) < 4.78 is 33.2. The lowest BCUT2D eigenvalue weighted by Crippen LogP contribution is -2.21. The van der Waals surface area contributed by atoms with E-state index in [4.69, 9.17) is 4.52 Å². The molecule has 0 saturated carbocycles. The van der Waals surface area contributed by atoms with Crippen molar-refractivity contribution in [1.82, 2.24) is 20.1 Å². The van der Waals surface area contributed by atoms with E-state index >= 15 is 0 Å². The third kappa shape index (κ3) is 3.50. The number of imidazole rings is 1. The molecule has 2 aromatic heterocycles. The summed E-state index contributed by atoms with van der Waals surface area (Å²) in [5, 5.41) is 10.4. The number of nitrogens with one attached hydrogen (secondary N) is 1. The highest BCUT2D eigenvalue weighted by Crippen LogP contribution is 2.28. The van der Waals surface area contributed by atoms with Crippen LogP contribution in [0.25, 0.3) is 22.6 Å². The van der Waals surface area contributed by atoms with E-state index in [1.807, 2.05) is 38.1 Å². The van der Waals surface area contributed by atoms with Crippen molar-refractivity contribution in [3.05, 3.63) is 82.4 Å². The average Bonchev–Trinajstić information content (AvgIpc) is 3.37. The first-order chi connectivity index (χ1) is 15.0. The molecule has 3 heterocycles. The molecule has 1 aliphatic heterocycles. The molecule has 2 aromatic carbocycles. The molecule has 156 valence electrons. The fourth-order valence-corrected chi connectivity index (χ4v) is 3.82. The van der Waals surface area contributed by atoms with Gasteiger partial charge < -0.3 is 9.51 Å². The molecule has 1 N–H and O–H groups in total. The number of fused-ring (bicyclic) bond motifs is 1. The molecule has 0 atom stereocenters. The second-order valence-corrected chi connectivity index (χ2v) is 7.56. The van der Waals surface area contributed by atoms with Crippen LogP contribution in [0.1, 0.15) is 28.3 Å². The van der Waals surface area contributed by atoms with E-state index in [1.54, 1.807) is 11.2 Å². The summed E-state index contributed by atoms with van der Waals surface area (Å²) in [6, 6.07) is 12.0. The van der Waals surface area contributed by atoms with Crippen molar-refractivity contribution in [3.8, 4) is 22.6 Å². The molecule has 0 radical (unpaired) electrons. The first-order valence-corrected chi connectivity index (χ1v) is 9.84. The molecule has 1 aliphatic rings. The number of H-pyrrole nitrogens is 1. The Kier molecular flexibility index (Phi) is 4.62. The zero-order valence-corrected chi connectivity index (χ0v) is 17.0. The van der Waals surface area contributed by atoms with Crippen LogP contribution < -0.4 is 0 Å². The molecule has 0 spiro atoms. The average molecular weight is 419 g/mol. The van der Waals surface area contributed by atoms with E-state index in [2.05, 4.69) is 20.2 Å². The monoisotopic (exact) mass is 419 g/mol. The lowest BCUT2D eigenvalue weighted by atomic mass is 10.00. The molecule has 31 heavy (non-hydrogen) atoms. The van der Waals surface area contributed by atoms with E-state index in [0.717, 1.165) is 34.1 Å². The van der Waals surface area contributed by atoms with Crippen LogP contribution in [0, 0.1) is 25.5 Å². The van der Waals surface area contributed by atoms with Gasteiger partial charge in [-0.1, -0.05) is 29.4 Å². The van der Waals surface area contributed by atoms with Gasteiger partial charge in [-0.25, -0.2) is 13.8 Å². The third-order valence-electron chi connectivity index (χ3n) is 5.34. The molecule has 0 saturated heterocycles. The van der Waals surface area contributed by atoms with Gasteiger partial charge in [-0.15, -0.1) is 0 Å². The van der Waals surface area contributed by atoms with Gasteiger partial charge in [0, 0.05) is 11.6 Å². The predicted molar refractivity (Wildman–Crippen MR) is 112 cm³/mol. The van der Waals surface area contributed by atoms with Crippen LogP contribution >= 0.6 is 0 Å². The Hall–Kier alpha value is -3.81. The second-order valence-electron chi connectivity index (χ2n) is 7.56. The maximum Gasteiger partial charge on any atom is 0.169 e. The Balaban J connectivity index is 1.35. The molecule has 0 amide bonds. The van der Waals surface area contributed by atoms with E-state index in [-0.39, 0.29) is 11.4 Å². The van der Waals surface area contributed by atoms with Gasteiger partial charge in [0.25, 0.3) is 0 Å². The third-order valence-corrected chi connectivity index (χ3v) is 5.34. The minimum Gasteiger partial charge on any atom is -0.359 e. The topological polar surface area (TPSA) is 70.3 Å². The fourth-order valence-electron chi connectivity index (χ4n) is 3.82. The van der Waals surface area contributed by atoms with Gasteiger partial charge in [0.15, 0.2) is 17.4 Å². The van der Waals surface area contributed by atoms with Crippen molar-refractivity contribution in [3.63, 3.8) is 0 Å². The molecular weight excluding hydrogens is 400 g/mol. The van der Waals surface area contributed by atoms with E-state index in [1.165, 1.54) is 12.1 Å². The number of aromatic nitrogens is 3. The summed E-state index contributed by atoms with van der Waals surface area (Å²) >= 11 is 0. The van der Waals surface area contributed by atoms with Crippen molar-refractivity contribution < 1.29 is 13.3 Å². The van der Waals surface area contributed by atoms with Gasteiger partial charge in [0.1, 0.15) is 17.2 Å². The molecule has 8 heteroatoms. The molecular formula is C23H19F2N5O. The van der Waals surface area contributed by atoms with Crippen LogP contribution in [0.2, 0.25) is 0 Å². The largest absolute Gasteiger partial charge is 0.359 e. The molecule has 5 rings (SSSR count). The van der Waals surface area contributed by atoms with Crippen molar-refractivity contribution in [2.24, 2.45) is 5.10 Å². The smallest absolute Gasteiger partial charge is 0.169 e. The highest BCUT2D eigenvalue weighted by molar-refractivity contribution is 5.80. The molecule has 0 aliphatic carbocycles. The number of hydrazone groups is 1. The maximum atomic E-state index is 14.1. The predicted octanol–water partition coefficient (Wildman–Crippen LogP) is 4.98. The molecule has 0 fully saturated rings. The van der Waals surface area contributed by atoms with Crippen LogP contribution in [-0.2, 0) is 13.1 Å². The first-order valence-electron chi connectivity index (χ1n) is 9.84. The number of hydrogen-bond donors (Lipinski definition) is 1. The lowest BCUT2D eigenvalue weighted by molar-refractivity contribution is 0.229. The quantitative estimate of drug-likeness (QED) is 0.507. The standard InChI is InChI=1S/C23H19F2N5O/c1-13-5-3-6-14(2)21(13)18-9-15(31-29-18)11-30-12-20-19(10-26-30)27-23(28-20)16-7-4-8-17(24)22(16)25/h3-10H,11-12H2,1-2H3,(H,27,28). The molecule has 0 bridgehead atoms. The molecule has 0 unspecified atom stereocenters. The van der Waals surface area contributed by atoms with E-state index in [0.29, 0.717) is 24.5 Å². The fraction of sp³-hybridized carbons (Fsp3) is 0.174. The van der Waals surface area contributed by atoms with Crippen LogP contribution in [-0.4, -0.2) is 26.3 Å². The maximum absolute atomic E-state index is 14.1. The Labute approximate surface area is 177 Å². The van der Waals surface area contributed by atoms with Crippen LogP contribution in [0.15, 0.2) is 52.1 Å². The normalized spacial score (nSPS) is 13.0. The van der Waals surface area contributed by atoms with Gasteiger partial charge in [-0.2, -0.15) is 5.10 Å². The SMILES string of the molecule is Cc1cccc(C)c1-c1cc(CN2Cc3[nH]c(-c4cccc(F)c4F)nc3C=N2)on1. The van der Waals surface area contributed by atoms with E-state index < -0.39 is 11.6 Å². The van der Waals surface area contributed by atoms with Crippen molar-refractivity contribution in [2.45, 2.75) is 26.9 Å². The minimum atomic E-state index is -0.928. The minimum absolute atomic E-state index is 0.0860. The molecule has 6 nitrogen and oxygen atoms in total. The summed E-state index contributed by atoms with van der Waals surface area (Å²) in [6.07, 6.45) is 1.60. The van der Waals surface area contributed by atoms with Gasteiger partial charge in [-0.05, 0) is 37.1 Å².